The van der Waals surface area contributed by atoms with E-state index in [1.54, 1.807) is 0 Å². The van der Waals surface area contributed by atoms with Crippen molar-refractivity contribution in [3.8, 4) is 0 Å². The Labute approximate surface area is 191 Å². The van der Waals surface area contributed by atoms with Crippen molar-refractivity contribution in [3.05, 3.63) is 0 Å². The third-order valence-corrected chi connectivity index (χ3v) is 12.6. The van der Waals surface area contributed by atoms with E-state index in [4.69, 9.17) is 4.74 Å². The highest BCUT2D eigenvalue weighted by Crippen LogP contribution is 2.74. The molecule has 1 nitrogen and oxygen atoms in total. The quantitative estimate of drug-likeness (QED) is 0.395. The van der Waals surface area contributed by atoms with Crippen molar-refractivity contribution in [3.63, 3.8) is 0 Å². The second-order valence-electron chi connectivity index (χ2n) is 13.2. The summed E-state index contributed by atoms with van der Waals surface area (Å²) in [6, 6.07) is 0. The Hall–Kier alpha value is 0.310. The molecule has 2 heteroatoms. The van der Waals surface area contributed by atoms with Crippen LogP contribution in [-0.2, 0) is 4.74 Å². The maximum atomic E-state index is 6.71. The first kappa shape index (κ1) is 22.1. The number of hydrogen-bond acceptors (Lipinski definition) is 2. The maximum absolute atomic E-state index is 6.71. The standard InChI is InChI=1S/C28H48OS/c1-18(2)8-7-9-19(3)22-10-11-23-21-16-25-28(29-25)17-20(30-6)12-15-27(28,5)24(21)13-14-26(22,23)4/h18-25H,7-17H2,1-6H3/t19?,20?,21-,22+,23-,24-,25?,26+,27+,28?/m0/s1. The lowest BCUT2D eigenvalue weighted by atomic mass is 9.44. The van der Waals surface area contributed by atoms with Gasteiger partial charge in [-0.25, -0.2) is 0 Å². The number of rotatable bonds is 6. The average molecular weight is 433 g/mol. The average Bonchev–Trinajstić information content (AvgIpc) is 3.28. The minimum absolute atomic E-state index is 0.274. The molecule has 0 N–H and O–H groups in total. The van der Waals surface area contributed by atoms with Crippen molar-refractivity contribution in [2.24, 2.45) is 46.3 Å². The van der Waals surface area contributed by atoms with Crippen LogP contribution in [0.15, 0.2) is 0 Å². The highest BCUT2D eigenvalue weighted by atomic mass is 32.2. The maximum Gasteiger partial charge on any atom is 0.101 e. The van der Waals surface area contributed by atoms with Crippen molar-refractivity contribution in [2.45, 2.75) is 122 Å². The van der Waals surface area contributed by atoms with Crippen LogP contribution in [0.2, 0.25) is 0 Å². The Bertz CT molecular complexity index is 647. The van der Waals surface area contributed by atoms with Gasteiger partial charge in [-0.2, -0.15) is 11.8 Å². The first-order valence-corrected chi connectivity index (χ1v) is 14.7. The molecule has 0 amide bonds. The number of thioether (sulfide) groups is 1. The summed E-state index contributed by atoms with van der Waals surface area (Å²) in [6.45, 7) is 12.8. The molecule has 1 spiro atoms. The molecule has 10 atom stereocenters. The van der Waals surface area contributed by atoms with E-state index in [0.29, 0.717) is 16.9 Å². The largest absolute Gasteiger partial charge is 0.365 e. The summed E-state index contributed by atoms with van der Waals surface area (Å²) in [7, 11) is 0. The van der Waals surface area contributed by atoms with Gasteiger partial charge in [0.15, 0.2) is 0 Å². The highest BCUT2D eigenvalue weighted by molar-refractivity contribution is 7.99. The Morgan fingerprint density at radius 3 is 2.50 bits per heavy atom. The SMILES string of the molecule is CSC1CC[C@]2(C)[C@H]3CC[C@]4(C)[C@@H](C(C)CCCC(C)C)CC[C@H]4[C@@H]3CC3OC32C1. The molecular formula is C28H48OS. The van der Waals surface area contributed by atoms with Crippen LogP contribution in [0, 0.1) is 46.3 Å². The number of fused-ring (bicyclic) bond motifs is 4. The number of hydrogen-bond donors (Lipinski definition) is 0. The van der Waals surface area contributed by atoms with Crippen LogP contribution < -0.4 is 0 Å². The van der Waals surface area contributed by atoms with Gasteiger partial charge >= 0.3 is 0 Å². The summed E-state index contributed by atoms with van der Waals surface area (Å²) >= 11 is 2.10. The molecule has 30 heavy (non-hydrogen) atoms. The molecule has 1 heterocycles. The van der Waals surface area contributed by atoms with Crippen molar-refractivity contribution < 1.29 is 4.74 Å². The molecule has 5 fully saturated rings. The van der Waals surface area contributed by atoms with E-state index in [-0.39, 0.29) is 5.60 Å². The van der Waals surface area contributed by atoms with E-state index >= 15 is 0 Å². The van der Waals surface area contributed by atoms with Crippen LogP contribution in [-0.4, -0.2) is 23.2 Å². The first-order valence-electron chi connectivity index (χ1n) is 13.5. The topological polar surface area (TPSA) is 12.5 Å². The normalized spacial score (nSPS) is 52.9. The van der Waals surface area contributed by atoms with Gasteiger partial charge in [-0.1, -0.05) is 53.9 Å². The third-order valence-electron chi connectivity index (χ3n) is 11.6. The molecule has 5 aliphatic rings. The van der Waals surface area contributed by atoms with E-state index in [9.17, 15) is 0 Å². The smallest absolute Gasteiger partial charge is 0.101 e. The van der Waals surface area contributed by atoms with Gasteiger partial charge in [0, 0.05) is 10.7 Å². The van der Waals surface area contributed by atoms with Crippen LogP contribution in [0.25, 0.3) is 0 Å². The van der Waals surface area contributed by atoms with Crippen LogP contribution in [0.4, 0.5) is 0 Å². The second-order valence-corrected chi connectivity index (χ2v) is 14.3. The summed E-state index contributed by atoms with van der Waals surface area (Å²) < 4.78 is 6.71. The van der Waals surface area contributed by atoms with Gasteiger partial charge in [-0.15, -0.1) is 0 Å². The van der Waals surface area contributed by atoms with E-state index in [2.05, 4.69) is 52.6 Å². The fourth-order valence-corrected chi connectivity index (χ4v) is 10.6. The van der Waals surface area contributed by atoms with E-state index in [0.717, 1.165) is 40.8 Å². The zero-order valence-electron chi connectivity index (χ0n) is 20.7. The fraction of sp³-hybridized carbons (Fsp3) is 1.00. The fourth-order valence-electron chi connectivity index (χ4n) is 9.87. The predicted molar refractivity (Wildman–Crippen MR) is 130 cm³/mol. The van der Waals surface area contributed by atoms with Gasteiger partial charge in [0.2, 0.25) is 0 Å². The molecule has 4 saturated carbocycles. The first-order chi connectivity index (χ1) is 14.2. The second kappa shape index (κ2) is 7.68. The highest BCUT2D eigenvalue weighted by Gasteiger charge is 2.76. The Morgan fingerprint density at radius 2 is 1.77 bits per heavy atom. The molecule has 0 bridgehead atoms. The van der Waals surface area contributed by atoms with E-state index in [1.807, 2.05) is 0 Å². The molecule has 172 valence electrons. The minimum atomic E-state index is 0.274. The van der Waals surface area contributed by atoms with E-state index in [1.165, 1.54) is 70.6 Å². The van der Waals surface area contributed by atoms with Crippen LogP contribution in [0.1, 0.15) is 105 Å². The summed E-state index contributed by atoms with van der Waals surface area (Å²) in [5, 5.41) is 0.844. The van der Waals surface area contributed by atoms with E-state index < -0.39 is 0 Å². The molecule has 1 aliphatic heterocycles. The monoisotopic (exact) mass is 432 g/mol. The van der Waals surface area contributed by atoms with Gasteiger partial charge in [-0.05, 0) is 98.5 Å². The van der Waals surface area contributed by atoms with Crippen LogP contribution in [0.5, 0.6) is 0 Å². The lowest BCUT2D eigenvalue weighted by molar-refractivity contribution is -0.0993. The molecular weight excluding hydrogens is 384 g/mol. The van der Waals surface area contributed by atoms with Gasteiger partial charge in [-0.3, -0.25) is 0 Å². The molecule has 1 saturated heterocycles. The minimum Gasteiger partial charge on any atom is -0.365 e. The zero-order valence-corrected chi connectivity index (χ0v) is 21.5. The van der Waals surface area contributed by atoms with Gasteiger partial charge < -0.3 is 4.74 Å². The molecule has 0 aromatic carbocycles. The summed E-state index contributed by atoms with van der Waals surface area (Å²) in [5.74, 6) is 5.62. The van der Waals surface area contributed by atoms with Gasteiger partial charge in [0.1, 0.15) is 5.60 Å². The van der Waals surface area contributed by atoms with Gasteiger partial charge in [0.25, 0.3) is 0 Å². The predicted octanol–water partition coefficient (Wildman–Crippen LogP) is 7.97. The Balaban J connectivity index is 1.32. The van der Waals surface area contributed by atoms with Crippen molar-refractivity contribution in [2.75, 3.05) is 6.26 Å². The van der Waals surface area contributed by atoms with Crippen molar-refractivity contribution in [1.29, 1.82) is 0 Å². The molecule has 5 rings (SSSR count). The number of epoxide rings is 1. The zero-order chi connectivity index (χ0) is 21.3. The summed E-state index contributed by atoms with van der Waals surface area (Å²) in [4.78, 5) is 0. The Morgan fingerprint density at radius 1 is 0.967 bits per heavy atom. The Kier molecular flexibility index (Phi) is 5.66. The molecule has 4 aliphatic carbocycles. The van der Waals surface area contributed by atoms with Crippen LogP contribution in [0.3, 0.4) is 0 Å². The molecule has 0 aromatic rings. The van der Waals surface area contributed by atoms with Crippen molar-refractivity contribution >= 4 is 11.8 Å². The number of ether oxygens (including phenoxy) is 1. The summed E-state index contributed by atoms with van der Waals surface area (Å²) in [6.07, 6.45) is 18.8. The van der Waals surface area contributed by atoms with Gasteiger partial charge in [0.05, 0.1) is 6.10 Å². The molecule has 0 aromatic heterocycles. The van der Waals surface area contributed by atoms with Crippen LogP contribution >= 0.6 is 11.8 Å². The lowest BCUT2D eigenvalue weighted by Crippen LogP contribution is -2.58. The van der Waals surface area contributed by atoms with Crippen molar-refractivity contribution in [1.82, 2.24) is 0 Å². The molecule has 0 radical (unpaired) electrons. The third kappa shape index (κ3) is 3.12. The summed E-state index contributed by atoms with van der Waals surface area (Å²) in [5.41, 5.74) is 1.35. The lowest BCUT2D eigenvalue weighted by Gasteiger charge is -2.59. The molecule has 4 unspecified atom stereocenters.